The molecule has 0 amide bonds. The minimum atomic E-state index is -2.28. The predicted octanol–water partition coefficient (Wildman–Crippen LogP) is 7.27. The Hall–Kier alpha value is 0.979. The van der Waals surface area contributed by atoms with Gasteiger partial charge in [0.25, 0.3) is 0 Å². The molecule has 0 aliphatic heterocycles. The zero-order chi connectivity index (χ0) is 15.7. The molecule has 0 aliphatic carbocycles. The van der Waals surface area contributed by atoms with Crippen molar-refractivity contribution >= 4 is 53.8 Å². The van der Waals surface area contributed by atoms with Gasteiger partial charge in [0, 0.05) is 0 Å². The Morgan fingerprint density at radius 2 is 1.29 bits per heavy atom. The van der Waals surface area contributed by atoms with E-state index < -0.39 is 18.4 Å². The summed E-state index contributed by atoms with van der Waals surface area (Å²) in [7, 11) is 0. The summed E-state index contributed by atoms with van der Waals surface area (Å²) in [5.74, 6) is 0. The SMILES string of the molecule is CCC[CH2][Sn]([CH2]CCC)([CH2]CCC)[c]1cc(Br)ccc1Br. The van der Waals surface area contributed by atoms with Gasteiger partial charge in [-0.2, -0.15) is 0 Å². The van der Waals surface area contributed by atoms with Crippen molar-refractivity contribution in [3.8, 4) is 0 Å². The van der Waals surface area contributed by atoms with Crippen LogP contribution in [-0.4, -0.2) is 18.4 Å². The molecule has 0 spiro atoms. The average molecular weight is 525 g/mol. The molecule has 0 heterocycles. The number of unbranched alkanes of at least 4 members (excludes halogenated alkanes) is 3. The molecule has 0 unspecified atom stereocenters. The monoisotopic (exact) mass is 524 g/mol. The molecule has 1 aromatic carbocycles. The first-order chi connectivity index (χ1) is 10.1. The van der Waals surface area contributed by atoms with Crippen molar-refractivity contribution < 1.29 is 0 Å². The summed E-state index contributed by atoms with van der Waals surface area (Å²) >= 11 is 5.30. The van der Waals surface area contributed by atoms with Crippen molar-refractivity contribution in [3.63, 3.8) is 0 Å². The van der Waals surface area contributed by atoms with Crippen LogP contribution in [0.1, 0.15) is 59.3 Å². The second-order valence-corrected chi connectivity index (χ2v) is 21.1. The third kappa shape index (κ3) is 6.18. The van der Waals surface area contributed by atoms with E-state index in [2.05, 4.69) is 70.8 Å². The van der Waals surface area contributed by atoms with Gasteiger partial charge >= 0.3 is 154 Å². The molecule has 0 atom stereocenters. The standard InChI is InChI=1S/C6H3Br2.3C4H9.Sn/c7-5-1-2-6(8)4-3-5;3*1-3-4-2;/h1-3H;3*1,3-4H2,2H3;. The van der Waals surface area contributed by atoms with Gasteiger partial charge in [0.1, 0.15) is 0 Å². The van der Waals surface area contributed by atoms with Crippen molar-refractivity contribution in [1.82, 2.24) is 0 Å². The van der Waals surface area contributed by atoms with Gasteiger partial charge in [-0.3, -0.25) is 0 Å². The van der Waals surface area contributed by atoms with Crippen molar-refractivity contribution in [2.45, 2.75) is 72.6 Å². The number of rotatable bonds is 10. The second kappa shape index (κ2) is 10.7. The number of hydrogen-bond acceptors (Lipinski definition) is 0. The first-order valence-electron chi connectivity index (χ1n) is 8.55. The molecule has 120 valence electrons. The fourth-order valence-corrected chi connectivity index (χ4v) is 23.5. The molecule has 21 heavy (non-hydrogen) atoms. The van der Waals surface area contributed by atoms with Crippen LogP contribution in [-0.2, 0) is 0 Å². The van der Waals surface area contributed by atoms with Gasteiger partial charge in [0.2, 0.25) is 0 Å². The summed E-state index contributed by atoms with van der Waals surface area (Å²) in [4.78, 5) is 0. The second-order valence-electron chi connectivity index (χ2n) is 6.22. The molecule has 1 aromatic rings. The predicted molar refractivity (Wildman–Crippen MR) is 106 cm³/mol. The van der Waals surface area contributed by atoms with Crippen molar-refractivity contribution in [1.29, 1.82) is 0 Å². The molecule has 0 radical (unpaired) electrons. The van der Waals surface area contributed by atoms with Crippen LogP contribution in [0.15, 0.2) is 27.1 Å². The number of halogens is 2. The summed E-state index contributed by atoms with van der Waals surface area (Å²) < 4.78 is 8.95. The van der Waals surface area contributed by atoms with Crippen LogP contribution >= 0.6 is 31.9 Å². The van der Waals surface area contributed by atoms with E-state index in [4.69, 9.17) is 0 Å². The molecular weight excluding hydrogens is 495 g/mol. The fourth-order valence-electron chi connectivity index (χ4n) is 3.23. The average Bonchev–Trinajstić information content (AvgIpc) is 2.49. The zero-order valence-corrected chi connectivity index (χ0v) is 19.9. The van der Waals surface area contributed by atoms with E-state index in [-0.39, 0.29) is 0 Å². The molecule has 0 bridgehead atoms. The van der Waals surface area contributed by atoms with Crippen LogP contribution in [0, 0.1) is 0 Å². The van der Waals surface area contributed by atoms with Crippen molar-refractivity contribution in [2.24, 2.45) is 0 Å². The van der Waals surface area contributed by atoms with Crippen LogP contribution in [0.4, 0.5) is 0 Å². The van der Waals surface area contributed by atoms with Gasteiger partial charge < -0.3 is 0 Å². The van der Waals surface area contributed by atoms with Gasteiger partial charge in [-0.25, -0.2) is 0 Å². The first-order valence-corrected chi connectivity index (χ1v) is 17.6. The third-order valence-electron chi connectivity index (χ3n) is 4.53. The van der Waals surface area contributed by atoms with E-state index in [1.54, 1.807) is 3.58 Å². The third-order valence-corrected chi connectivity index (χ3v) is 22.4. The van der Waals surface area contributed by atoms with Crippen LogP contribution in [0.2, 0.25) is 13.3 Å². The van der Waals surface area contributed by atoms with E-state index in [0.717, 1.165) is 0 Å². The van der Waals surface area contributed by atoms with E-state index >= 15 is 0 Å². The summed E-state index contributed by atoms with van der Waals surface area (Å²) in [6.07, 6.45) is 8.26. The Balaban J connectivity index is 3.19. The zero-order valence-electron chi connectivity index (χ0n) is 13.9. The molecule has 0 fully saturated rings. The number of benzene rings is 1. The summed E-state index contributed by atoms with van der Waals surface area (Å²) in [6.45, 7) is 7.02. The summed E-state index contributed by atoms with van der Waals surface area (Å²) in [5, 5.41) is 0. The van der Waals surface area contributed by atoms with Gasteiger partial charge in [0.15, 0.2) is 0 Å². The van der Waals surface area contributed by atoms with Crippen molar-refractivity contribution in [3.05, 3.63) is 27.1 Å². The van der Waals surface area contributed by atoms with Gasteiger partial charge in [-0.05, 0) is 0 Å². The summed E-state index contributed by atoms with van der Waals surface area (Å²) in [6, 6.07) is 6.87. The molecule has 1 rings (SSSR count). The van der Waals surface area contributed by atoms with Gasteiger partial charge in [-0.1, -0.05) is 0 Å². The fraction of sp³-hybridized carbons (Fsp3) is 0.667. The van der Waals surface area contributed by atoms with E-state index in [0.29, 0.717) is 0 Å². The Labute approximate surface area is 152 Å². The Morgan fingerprint density at radius 1 is 0.810 bits per heavy atom. The molecule has 0 N–H and O–H groups in total. The minimum absolute atomic E-state index is 1.26. The topological polar surface area (TPSA) is 0 Å². The van der Waals surface area contributed by atoms with Crippen LogP contribution in [0.25, 0.3) is 0 Å². The van der Waals surface area contributed by atoms with Gasteiger partial charge in [0.05, 0.1) is 0 Å². The van der Waals surface area contributed by atoms with E-state index in [1.807, 2.05) is 0 Å². The normalized spacial score (nSPS) is 11.9. The maximum atomic E-state index is 3.87. The Bertz CT molecular complexity index is 396. The molecule has 0 saturated carbocycles. The molecule has 0 saturated heterocycles. The van der Waals surface area contributed by atoms with Crippen LogP contribution < -0.4 is 3.58 Å². The van der Waals surface area contributed by atoms with E-state index in [1.165, 1.54) is 60.8 Å². The molecule has 0 aliphatic rings. The van der Waals surface area contributed by atoms with Crippen LogP contribution in [0.3, 0.4) is 0 Å². The molecule has 3 heteroatoms. The van der Waals surface area contributed by atoms with Crippen molar-refractivity contribution in [2.75, 3.05) is 0 Å². The molecular formula is C18H30Br2Sn. The van der Waals surface area contributed by atoms with Gasteiger partial charge in [-0.15, -0.1) is 0 Å². The first kappa shape index (κ1) is 20.0. The van der Waals surface area contributed by atoms with E-state index in [9.17, 15) is 0 Å². The van der Waals surface area contributed by atoms with Crippen LogP contribution in [0.5, 0.6) is 0 Å². The number of hydrogen-bond donors (Lipinski definition) is 0. The Kier molecular flexibility index (Phi) is 10.2. The molecule has 0 nitrogen and oxygen atoms in total. The maximum absolute atomic E-state index is 3.87. The quantitative estimate of drug-likeness (QED) is 0.282. The summed E-state index contributed by atoms with van der Waals surface area (Å²) in [5.41, 5.74) is 0. The Morgan fingerprint density at radius 3 is 1.71 bits per heavy atom. The molecule has 0 aromatic heterocycles.